The predicted octanol–water partition coefficient (Wildman–Crippen LogP) is 3.43. The van der Waals surface area contributed by atoms with Crippen molar-refractivity contribution in [3.63, 3.8) is 0 Å². The molecule has 1 aromatic carbocycles. The number of nitrogen functional groups attached to an aromatic ring is 1. The van der Waals surface area contributed by atoms with Gasteiger partial charge in [0.2, 0.25) is 0 Å². The molecule has 3 heteroatoms. The van der Waals surface area contributed by atoms with Gasteiger partial charge in [-0.25, -0.2) is 4.98 Å². The molecule has 0 saturated carbocycles. The molecule has 3 N–H and O–H groups in total. The summed E-state index contributed by atoms with van der Waals surface area (Å²) in [4.78, 5) is 4.27. The largest absolute Gasteiger partial charge is 0.383 e. The van der Waals surface area contributed by atoms with E-state index < -0.39 is 0 Å². The number of nitrogens with one attached hydrogen (secondary N) is 1. The Labute approximate surface area is 126 Å². The summed E-state index contributed by atoms with van der Waals surface area (Å²) in [6.45, 7) is 3.19. The Morgan fingerprint density at radius 3 is 2.95 bits per heavy atom. The monoisotopic (exact) mass is 281 g/mol. The number of aryl methyl sites for hydroxylation is 1. The fourth-order valence-electron chi connectivity index (χ4n) is 3.40. The third-order valence-corrected chi connectivity index (χ3v) is 4.40. The van der Waals surface area contributed by atoms with E-state index >= 15 is 0 Å². The van der Waals surface area contributed by atoms with Crippen molar-refractivity contribution < 1.29 is 0 Å². The topological polar surface area (TPSA) is 50.9 Å². The van der Waals surface area contributed by atoms with Gasteiger partial charge in [-0.15, -0.1) is 0 Å². The number of benzene rings is 1. The Hall–Kier alpha value is -1.87. The minimum absolute atomic E-state index is 0.252. The van der Waals surface area contributed by atoms with Gasteiger partial charge in [0.25, 0.3) is 0 Å². The molecule has 2 unspecified atom stereocenters. The van der Waals surface area contributed by atoms with Crippen LogP contribution in [0.25, 0.3) is 0 Å². The zero-order chi connectivity index (χ0) is 14.7. The summed E-state index contributed by atoms with van der Waals surface area (Å²) in [5.74, 6) is 1.13. The van der Waals surface area contributed by atoms with Crippen LogP contribution in [0, 0.1) is 0 Å². The van der Waals surface area contributed by atoms with Gasteiger partial charge in [-0.2, -0.15) is 0 Å². The second-order valence-electron chi connectivity index (χ2n) is 5.75. The molecule has 0 bridgehead atoms. The number of aromatic nitrogens is 1. The molecule has 110 valence electrons. The van der Waals surface area contributed by atoms with Crippen molar-refractivity contribution in [2.75, 3.05) is 12.3 Å². The second kappa shape index (κ2) is 6.27. The summed E-state index contributed by atoms with van der Waals surface area (Å²) in [6, 6.07) is 13.1. The highest BCUT2D eigenvalue weighted by molar-refractivity contribution is 5.45. The zero-order valence-electron chi connectivity index (χ0n) is 12.5. The molecule has 3 nitrogen and oxygen atoms in total. The molecule has 21 heavy (non-hydrogen) atoms. The number of hydrogen-bond acceptors (Lipinski definition) is 3. The normalized spacial score (nSPS) is 18.4. The minimum atomic E-state index is 0.252. The lowest BCUT2D eigenvalue weighted by molar-refractivity contribution is 0.443. The van der Waals surface area contributed by atoms with Gasteiger partial charge in [0.05, 0.1) is 0 Å². The van der Waals surface area contributed by atoms with E-state index in [0.717, 1.165) is 24.9 Å². The number of fused-ring (bicyclic) bond motifs is 1. The lowest BCUT2D eigenvalue weighted by atomic mass is 9.88. The smallest absolute Gasteiger partial charge is 0.128 e. The van der Waals surface area contributed by atoms with Crippen molar-refractivity contribution in [2.24, 2.45) is 0 Å². The van der Waals surface area contributed by atoms with Crippen molar-refractivity contribution in [1.29, 1.82) is 0 Å². The van der Waals surface area contributed by atoms with E-state index in [1.165, 1.54) is 17.5 Å². The number of pyridine rings is 1. The summed E-state index contributed by atoms with van der Waals surface area (Å²) in [5.41, 5.74) is 10.2. The van der Waals surface area contributed by atoms with Crippen LogP contribution in [0.3, 0.4) is 0 Å². The SMILES string of the molecule is CCCNC(c1cccnc1N)C1CCc2ccccc21. The predicted molar refractivity (Wildman–Crippen MR) is 87.2 cm³/mol. The molecule has 2 aromatic rings. The maximum Gasteiger partial charge on any atom is 0.128 e. The van der Waals surface area contributed by atoms with E-state index in [9.17, 15) is 0 Å². The fraction of sp³-hybridized carbons (Fsp3) is 0.389. The number of hydrogen-bond donors (Lipinski definition) is 2. The standard InChI is InChI=1S/C18H23N3/c1-2-11-20-17(16-8-5-12-21-18(16)19)15-10-9-13-6-3-4-7-14(13)15/h3-8,12,15,17,20H,2,9-11H2,1H3,(H2,19,21). The molecule has 2 atom stereocenters. The van der Waals surface area contributed by atoms with Crippen LogP contribution in [-0.2, 0) is 6.42 Å². The summed E-state index contributed by atoms with van der Waals surface area (Å²) < 4.78 is 0. The van der Waals surface area contributed by atoms with Gasteiger partial charge in [0, 0.05) is 23.7 Å². The molecular formula is C18H23N3. The van der Waals surface area contributed by atoms with Crippen LogP contribution < -0.4 is 11.1 Å². The van der Waals surface area contributed by atoms with Crippen LogP contribution in [0.5, 0.6) is 0 Å². The molecule has 0 radical (unpaired) electrons. The molecule has 0 amide bonds. The molecule has 3 rings (SSSR count). The minimum Gasteiger partial charge on any atom is -0.383 e. The average Bonchev–Trinajstić information content (AvgIpc) is 2.93. The fourth-order valence-corrected chi connectivity index (χ4v) is 3.40. The maximum absolute atomic E-state index is 6.13. The van der Waals surface area contributed by atoms with Crippen LogP contribution in [0.2, 0.25) is 0 Å². The first-order valence-electron chi connectivity index (χ1n) is 7.82. The number of nitrogens with two attached hydrogens (primary N) is 1. The van der Waals surface area contributed by atoms with Crippen molar-refractivity contribution >= 4 is 5.82 Å². The lowest BCUT2D eigenvalue weighted by Crippen LogP contribution is -2.28. The van der Waals surface area contributed by atoms with Gasteiger partial charge >= 0.3 is 0 Å². The van der Waals surface area contributed by atoms with Crippen molar-refractivity contribution in [1.82, 2.24) is 10.3 Å². The Kier molecular flexibility index (Phi) is 4.20. The highest BCUT2D eigenvalue weighted by Crippen LogP contribution is 2.42. The van der Waals surface area contributed by atoms with E-state index in [2.05, 4.69) is 47.6 Å². The van der Waals surface area contributed by atoms with Gasteiger partial charge < -0.3 is 11.1 Å². The first-order chi connectivity index (χ1) is 10.3. The molecule has 0 spiro atoms. The second-order valence-corrected chi connectivity index (χ2v) is 5.75. The number of anilines is 1. The van der Waals surface area contributed by atoms with E-state index in [-0.39, 0.29) is 6.04 Å². The molecule has 1 aromatic heterocycles. The van der Waals surface area contributed by atoms with Crippen LogP contribution in [0.4, 0.5) is 5.82 Å². The zero-order valence-corrected chi connectivity index (χ0v) is 12.5. The van der Waals surface area contributed by atoms with Crippen molar-refractivity contribution in [3.8, 4) is 0 Å². The Balaban J connectivity index is 1.96. The Bertz CT molecular complexity index is 609. The average molecular weight is 281 g/mol. The van der Waals surface area contributed by atoms with Gasteiger partial charge in [-0.05, 0) is 43.0 Å². The summed E-state index contributed by atoms with van der Waals surface area (Å²) in [6.07, 6.45) is 5.21. The highest BCUT2D eigenvalue weighted by Gasteiger charge is 2.31. The quantitative estimate of drug-likeness (QED) is 0.882. The summed E-state index contributed by atoms with van der Waals surface area (Å²) >= 11 is 0. The third-order valence-electron chi connectivity index (χ3n) is 4.40. The lowest BCUT2D eigenvalue weighted by Gasteiger charge is -2.27. The van der Waals surface area contributed by atoms with Gasteiger partial charge in [0.1, 0.15) is 5.82 Å². The Morgan fingerprint density at radius 1 is 1.29 bits per heavy atom. The maximum atomic E-state index is 6.13. The molecule has 1 aliphatic rings. The number of rotatable bonds is 5. The van der Waals surface area contributed by atoms with E-state index in [0.29, 0.717) is 11.7 Å². The third kappa shape index (κ3) is 2.79. The molecule has 1 aliphatic carbocycles. The summed E-state index contributed by atoms with van der Waals surface area (Å²) in [5, 5.41) is 3.69. The van der Waals surface area contributed by atoms with E-state index in [4.69, 9.17) is 5.73 Å². The molecule has 0 aliphatic heterocycles. The van der Waals surface area contributed by atoms with Gasteiger partial charge in [-0.1, -0.05) is 37.3 Å². The van der Waals surface area contributed by atoms with Gasteiger partial charge in [-0.3, -0.25) is 0 Å². The molecule has 1 heterocycles. The molecule has 0 fully saturated rings. The van der Waals surface area contributed by atoms with Gasteiger partial charge in [0.15, 0.2) is 0 Å². The van der Waals surface area contributed by atoms with E-state index in [1.807, 2.05) is 6.07 Å². The highest BCUT2D eigenvalue weighted by atomic mass is 14.9. The molecular weight excluding hydrogens is 258 g/mol. The van der Waals surface area contributed by atoms with Crippen LogP contribution >= 0.6 is 0 Å². The van der Waals surface area contributed by atoms with E-state index in [1.54, 1.807) is 6.20 Å². The van der Waals surface area contributed by atoms with Crippen LogP contribution in [0.1, 0.15) is 48.4 Å². The first-order valence-corrected chi connectivity index (χ1v) is 7.82. The number of nitrogens with zero attached hydrogens (tertiary/aromatic N) is 1. The first kappa shape index (κ1) is 14.1. The molecule has 0 saturated heterocycles. The Morgan fingerprint density at radius 2 is 2.14 bits per heavy atom. The summed E-state index contributed by atoms with van der Waals surface area (Å²) in [7, 11) is 0. The van der Waals surface area contributed by atoms with Crippen LogP contribution in [0.15, 0.2) is 42.6 Å². The van der Waals surface area contributed by atoms with Crippen molar-refractivity contribution in [2.45, 2.75) is 38.1 Å². The van der Waals surface area contributed by atoms with Crippen LogP contribution in [-0.4, -0.2) is 11.5 Å². The van der Waals surface area contributed by atoms with Crippen molar-refractivity contribution in [3.05, 3.63) is 59.3 Å².